The molecular formula is C19H20N2O5S. The Balaban J connectivity index is 2.21. The summed E-state index contributed by atoms with van der Waals surface area (Å²) in [6.07, 6.45) is 0. The molecule has 0 atom stereocenters. The molecule has 8 heteroatoms. The van der Waals surface area contributed by atoms with Gasteiger partial charge in [0.05, 0.1) is 45.5 Å². The Morgan fingerprint density at radius 1 is 0.889 bits per heavy atom. The minimum absolute atomic E-state index is 0.145. The highest BCUT2D eigenvalue weighted by molar-refractivity contribution is 7.07. The van der Waals surface area contributed by atoms with Crippen LogP contribution in [0.25, 0.3) is 16.9 Å². The number of nitrogens with zero attached hydrogens (tertiary/aromatic N) is 1. The lowest BCUT2D eigenvalue weighted by atomic mass is 10.1. The molecule has 0 aliphatic rings. The summed E-state index contributed by atoms with van der Waals surface area (Å²) in [4.78, 5) is 12.4. The van der Waals surface area contributed by atoms with Crippen molar-refractivity contribution in [2.24, 2.45) is 0 Å². The summed E-state index contributed by atoms with van der Waals surface area (Å²) in [6.45, 7) is 0. The van der Waals surface area contributed by atoms with Crippen LogP contribution in [-0.2, 0) is 0 Å². The van der Waals surface area contributed by atoms with Gasteiger partial charge in [0.2, 0.25) is 5.75 Å². The van der Waals surface area contributed by atoms with Crippen LogP contribution in [0.15, 0.2) is 40.5 Å². The van der Waals surface area contributed by atoms with Crippen molar-refractivity contribution < 1.29 is 18.9 Å². The molecule has 2 aromatic carbocycles. The number of thiazole rings is 1. The smallest absolute Gasteiger partial charge is 0.312 e. The Labute approximate surface area is 160 Å². The third-order valence-electron chi connectivity index (χ3n) is 4.13. The quantitative estimate of drug-likeness (QED) is 0.653. The third-order valence-corrected chi connectivity index (χ3v) is 4.85. The minimum atomic E-state index is -0.145. The Bertz CT molecular complexity index is 1000. The van der Waals surface area contributed by atoms with Crippen LogP contribution in [0.3, 0.4) is 0 Å². The van der Waals surface area contributed by atoms with E-state index in [0.717, 1.165) is 16.9 Å². The van der Waals surface area contributed by atoms with Gasteiger partial charge in [0.25, 0.3) is 0 Å². The second-order valence-electron chi connectivity index (χ2n) is 5.56. The molecule has 1 heterocycles. The van der Waals surface area contributed by atoms with Gasteiger partial charge in [-0.25, -0.2) is 0 Å². The van der Waals surface area contributed by atoms with Crippen LogP contribution in [0.2, 0.25) is 0 Å². The molecule has 0 saturated carbocycles. The van der Waals surface area contributed by atoms with Gasteiger partial charge in [0.15, 0.2) is 11.5 Å². The molecule has 3 aromatic rings. The predicted molar refractivity (Wildman–Crippen MR) is 106 cm³/mol. The topological polar surface area (TPSA) is 84.9 Å². The average molecular weight is 388 g/mol. The zero-order chi connectivity index (χ0) is 19.6. The van der Waals surface area contributed by atoms with Crippen molar-refractivity contribution in [1.82, 2.24) is 4.57 Å². The van der Waals surface area contributed by atoms with E-state index in [1.54, 1.807) is 41.3 Å². The van der Waals surface area contributed by atoms with E-state index in [1.807, 2.05) is 6.07 Å². The minimum Gasteiger partial charge on any atom is -0.495 e. The van der Waals surface area contributed by atoms with Gasteiger partial charge in [-0.15, -0.1) is 0 Å². The van der Waals surface area contributed by atoms with Crippen molar-refractivity contribution >= 4 is 17.0 Å². The number of nitrogen functional groups attached to an aromatic ring is 1. The fraction of sp³-hybridized carbons (Fsp3) is 0.211. The number of ether oxygens (including phenoxy) is 4. The number of hydrogen-bond acceptors (Lipinski definition) is 7. The molecule has 1 aromatic heterocycles. The van der Waals surface area contributed by atoms with Gasteiger partial charge in [-0.3, -0.25) is 9.36 Å². The molecule has 0 bridgehead atoms. The third kappa shape index (κ3) is 3.31. The van der Waals surface area contributed by atoms with Gasteiger partial charge in [-0.05, 0) is 18.2 Å². The summed E-state index contributed by atoms with van der Waals surface area (Å²) < 4.78 is 22.9. The maximum absolute atomic E-state index is 12.6. The molecule has 0 amide bonds. The molecule has 142 valence electrons. The lowest BCUT2D eigenvalue weighted by Crippen LogP contribution is -2.12. The van der Waals surface area contributed by atoms with Crippen LogP contribution in [-0.4, -0.2) is 33.0 Å². The Kier molecular flexibility index (Phi) is 5.27. The monoisotopic (exact) mass is 388 g/mol. The number of aromatic nitrogens is 1. The second kappa shape index (κ2) is 7.63. The molecule has 0 spiro atoms. The van der Waals surface area contributed by atoms with Crippen molar-refractivity contribution in [3.8, 4) is 39.9 Å². The molecule has 0 aliphatic carbocycles. The normalized spacial score (nSPS) is 10.5. The van der Waals surface area contributed by atoms with E-state index in [9.17, 15) is 4.79 Å². The molecule has 27 heavy (non-hydrogen) atoms. The summed E-state index contributed by atoms with van der Waals surface area (Å²) in [5.41, 5.74) is 8.61. The fourth-order valence-electron chi connectivity index (χ4n) is 2.84. The van der Waals surface area contributed by atoms with Crippen LogP contribution in [0.4, 0.5) is 5.69 Å². The summed E-state index contributed by atoms with van der Waals surface area (Å²) in [5.74, 6) is 1.97. The first-order valence-corrected chi connectivity index (χ1v) is 8.86. The van der Waals surface area contributed by atoms with Crippen LogP contribution in [0.1, 0.15) is 0 Å². The lowest BCUT2D eigenvalue weighted by Gasteiger charge is -2.16. The highest BCUT2D eigenvalue weighted by Crippen LogP contribution is 2.40. The van der Waals surface area contributed by atoms with Crippen molar-refractivity contribution in [1.29, 1.82) is 0 Å². The van der Waals surface area contributed by atoms with Crippen molar-refractivity contribution in [2.75, 3.05) is 34.2 Å². The van der Waals surface area contributed by atoms with Gasteiger partial charge >= 0.3 is 4.87 Å². The van der Waals surface area contributed by atoms with E-state index < -0.39 is 0 Å². The number of rotatable bonds is 6. The first-order chi connectivity index (χ1) is 13.0. The van der Waals surface area contributed by atoms with Crippen molar-refractivity contribution in [2.45, 2.75) is 0 Å². The first-order valence-electron chi connectivity index (χ1n) is 7.98. The largest absolute Gasteiger partial charge is 0.495 e. The Morgan fingerprint density at radius 2 is 1.52 bits per heavy atom. The number of anilines is 1. The van der Waals surface area contributed by atoms with E-state index in [-0.39, 0.29) is 4.87 Å². The predicted octanol–water partition coefficient (Wildman–Crippen LogP) is 3.18. The van der Waals surface area contributed by atoms with Crippen LogP contribution >= 0.6 is 11.3 Å². The molecule has 0 radical (unpaired) electrons. The highest BCUT2D eigenvalue weighted by atomic mass is 32.1. The van der Waals surface area contributed by atoms with E-state index in [0.29, 0.717) is 40.1 Å². The molecule has 7 nitrogen and oxygen atoms in total. The number of methoxy groups -OCH3 is 4. The molecule has 0 saturated heterocycles. The Morgan fingerprint density at radius 3 is 2.04 bits per heavy atom. The maximum Gasteiger partial charge on any atom is 0.312 e. The summed E-state index contributed by atoms with van der Waals surface area (Å²) >= 11 is 1.10. The van der Waals surface area contributed by atoms with Crippen LogP contribution in [0, 0.1) is 0 Å². The maximum atomic E-state index is 12.6. The second-order valence-corrected chi connectivity index (χ2v) is 6.38. The zero-order valence-electron chi connectivity index (χ0n) is 15.4. The summed E-state index contributed by atoms with van der Waals surface area (Å²) in [7, 11) is 6.15. The van der Waals surface area contributed by atoms with Gasteiger partial charge in [-0.2, -0.15) is 0 Å². The molecule has 0 unspecified atom stereocenters. The first kappa shape index (κ1) is 18.7. The van der Waals surface area contributed by atoms with E-state index in [1.165, 1.54) is 21.3 Å². The van der Waals surface area contributed by atoms with E-state index in [4.69, 9.17) is 24.7 Å². The van der Waals surface area contributed by atoms with Gasteiger partial charge in [0.1, 0.15) is 5.75 Å². The van der Waals surface area contributed by atoms with Crippen molar-refractivity contribution in [3.63, 3.8) is 0 Å². The molecule has 0 aliphatic heterocycles. The zero-order valence-corrected chi connectivity index (χ0v) is 16.3. The summed E-state index contributed by atoms with van der Waals surface area (Å²) in [6, 6.07) is 8.85. The lowest BCUT2D eigenvalue weighted by molar-refractivity contribution is 0.324. The van der Waals surface area contributed by atoms with Crippen LogP contribution < -0.4 is 29.6 Å². The molecule has 0 fully saturated rings. The van der Waals surface area contributed by atoms with Gasteiger partial charge in [-0.1, -0.05) is 11.3 Å². The van der Waals surface area contributed by atoms with Gasteiger partial charge in [0, 0.05) is 23.1 Å². The average Bonchev–Trinajstić information content (AvgIpc) is 3.08. The fourth-order valence-corrected chi connectivity index (χ4v) is 3.60. The van der Waals surface area contributed by atoms with E-state index in [2.05, 4.69) is 0 Å². The summed E-state index contributed by atoms with van der Waals surface area (Å²) in [5, 5.41) is 1.78. The molecule has 2 N–H and O–H groups in total. The van der Waals surface area contributed by atoms with Crippen molar-refractivity contribution in [3.05, 3.63) is 45.4 Å². The standard InChI is InChI=1S/C19H20N2O5S/c1-23-15-6-5-11(7-13(15)20)14-10-27-19(22)21(14)12-8-16(24-2)18(26-4)17(9-12)25-3/h5-10H,20H2,1-4H3. The number of hydrogen-bond donors (Lipinski definition) is 1. The highest BCUT2D eigenvalue weighted by Gasteiger charge is 2.18. The molecule has 3 rings (SSSR count). The van der Waals surface area contributed by atoms with Gasteiger partial charge < -0.3 is 24.7 Å². The SMILES string of the molecule is COc1ccc(-c2csc(=O)n2-c2cc(OC)c(OC)c(OC)c2)cc1N. The number of nitrogens with two attached hydrogens (primary N) is 1. The number of benzene rings is 2. The van der Waals surface area contributed by atoms with E-state index >= 15 is 0 Å². The van der Waals surface area contributed by atoms with Crippen LogP contribution in [0.5, 0.6) is 23.0 Å². The molecular weight excluding hydrogens is 368 g/mol. The Hall–Kier alpha value is -3.13.